The fourth-order valence-corrected chi connectivity index (χ4v) is 3.62. The average Bonchev–Trinajstić information content (AvgIpc) is 2.61. The lowest BCUT2D eigenvalue weighted by molar-refractivity contribution is -0.903. The number of likely N-dealkylation sites (tertiary alicyclic amines) is 1. The molecule has 2 heterocycles. The van der Waals surface area contributed by atoms with E-state index < -0.39 is 5.97 Å². The van der Waals surface area contributed by atoms with Crippen molar-refractivity contribution in [2.24, 2.45) is 5.92 Å². The van der Waals surface area contributed by atoms with Crippen LogP contribution in [0.4, 0.5) is 4.79 Å². The first-order valence-electron chi connectivity index (χ1n) is 9.47. The van der Waals surface area contributed by atoms with E-state index in [1.807, 2.05) is 6.92 Å². The van der Waals surface area contributed by atoms with Crippen LogP contribution < -0.4 is 15.5 Å². The lowest BCUT2D eigenvalue weighted by atomic mass is 9.96. The Morgan fingerprint density at radius 3 is 2.58 bits per heavy atom. The van der Waals surface area contributed by atoms with E-state index in [1.54, 1.807) is 13.8 Å². The Bertz CT molecular complexity index is 575. The van der Waals surface area contributed by atoms with Gasteiger partial charge in [0, 0.05) is 0 Å². The number of esters is 2. The summed E-state index contributed by atoms with van der Waals surface area (Å²) in [6.45, 7) is 8.13. The number of carbonyl (C=O) groups excluding carboxylic acids is 3. The van der Waals surface area contributed by atoms with Crippen LogP contribution in [0.3, 0.4) is 0 Å². The highest BCUT2D eigenvalue weighted by Crippen LogP contribution is 2.17. The third kappa shape index (κ3) is 4.97. The summed E-state index contributed by atoms with van der Waals surface area (Å²) >= 11 is 0. The molecule has 2 aliphatic heterocycles. The molecule has 0 aromatic carbocycles. The van der Waals surface area contributed by atoms with Crippen LogP contribution in [0.15, 0.2) is 11.3 Å². The Balaban J connectivity index is 2.17. The molecule has 26 heavy (non-hydrogen) atoms. The molecule has 2 amide bonds. The molecule has 0 aromatic rings. The van der Waals surface area contributed by atoms with Crippen LogP contribution in [0.5, 0.6) is 0 Å². The van der Waals surface area contributed by atoms with E-state index in [2.05, 4.69) is 10.6 Å². The second kappa shape index (κ2) is 9.56. The SMILES string of the molecule is CCOC(=O)C1=C(C[NH+]2CCC[C@H](C(=O)OCC)C2)NC(=O)N[C@@H]1CC. The highest BCUT2D eigenvalue weighted by Gasteiger charge is 2.35. The second-order valence-electron chi connectivity index (χ2n) is 6.64. The van der Waals surface area contributed by atoms with Crippen molar-refractivity contribution in [3.63, 3.8) is 0 Å². The molecular weight excluding hydrogens is 338 g/mol. The maximum atomic E-state index is 12.4. The van der Waals surface area contributed by atoms with Crippen LogP contribution in [-0.2, 0) is 19.1 Å². The molecule has 3 N–H and O–H groups in total. The fraction of sp³-hybridized carbons (Fsp3) is 0.722. The van der Waals surface area contributed by atoms with Crippen molar-refractivity contribution in [2.75, 3.05) is 32.8 Å². The van der Waals surface area contributed by atoms with Crippen LogP contribution in [0, 0.1) is 5.92 Å². The third-order valence-electron chi connectivity index (χ3n) is 4.81. The lowest BCUT2D eigenvalue weighted by Gasteiger charge is -2.33. The zero-order valence-electron chi connectivity index (χ0n) is 15.9. The summed E-state index contributed by atoms with van der Waals surface area (Å²) in [6.07, 6.45) is 2.33. The van der Waals surface area contributed by atoms with Gasteiger partial charge < -0.3 is 25.0 Å². The molecule has 2 aliphatic rings. The smallest absolute Gasteiger partial charge is 0.338 e. The number of hydrogen-bond acceptors (Lipinski definition) is 5. The average molecular weight is 368 g/mol. The Morgan fingerprint density at radius 1 is 1.19 bits per heavy atom. The molecule has 0 aliphatic carbocycles. The number of urea groups is 1. The zero-order valence-corrected chi connectivity index (χ0v) is 15.9. The number of amides is 2. The summed E-state index contributed by atoms with van der Waals surface area (Å²) in [7, 11) is 0. The van der Waals surface area contributed by atoms with Gasteiger partial charge >= 0.3 is 18.0 Å². The summed E-state index contributed by atoms with van der Waals surface area (Å²) in [5.41, 5.74) is 1.08. The zero-order chi connectivity index (χ0) is 19.1. The molecule has 0 saturated carbocycles. The van der Waals surface area contributed by atoms with Gasteiger partial charge in [-0.3, -0.25) is 4.79 Å². The van der Waals surface area contributed by atoms with Crippen LogP contribution in [0.25, 0.3) is 0 Å². The number of rotatable bonds is 7. The Hall–Kier alpha value is -2.09. The molecule has 1 fully saturated rings. The molecule has 3 atom stereocenters. The third-order valence-corrected chi connectivity index (χ3v) is 4.81. The molecule has 1 unspecified atom stereocenters. The maximum Gasteiger partial charge on any atom is 0.338 e. The molecule has 146 valence electrons. The van der Waals surface area contributed by atoms with Crippen molar-refractivity contribution in [2.45, 2.75) is 46.1 Å². The quantitative estimate of drug-likeness (QED) is 0.539. The van der Waals surface area contributed by atoms with Crippen LogP contribution in [0.2, 0.25) is 0 Å². The van der Waals surface area contributed by atoms with E-state index in [4.69, 9.17) is 9.47 Å². The van der Waals surface area contributed by atoms with Crippen molar-refractivity contribution < 1.29 is 28.8 Å². The molecule has 8 nitrogen and oxygen atoms in total. The summed E-state index contributed by atoms with van der Waals surface area (Å²) in [5, 5.41) is 5.55. The minimum absolute atomic E-state index is 0.135. The number of carbonyl (C=O) groups is 3. The second-order valence-corrected chi connectivity index (χ2v) is 6.64. The molecule has 8 heteroatoms. The predicted molar refractivity (Wildman–Crippen MR) is 94.3 cm³/mol. The summed E-state index contributed by atoms with van der Waals surface area (Å²) in [5.74, 6) is -0.699. The van der Waals surface area contributed by atoms with E-state index >= 15 is 0 Å². The summed E-state index contributed by atoms with van der Waals surface area (Å²) < 4.78 is 10.3. The monoisotopic (exact) mass is 368 g/mol. The highest BCUT2D eigenvalue weighted by atomic mass is 16.5. The standard InChI is InChI=1S/C18H29N3O5/c1-4-13-15(17(23)26-6-3)14(20-18(24)19-13)11-21-9-7-8-12(10-21)16(22)25-5-2/h12-13H,4-11H2,1-3H3,(H2,19,20,24)/p+1/t12-,13+/m0/s1. The van der Waals surface area contributed by atoms with E-state index in [-0.39, 0.29) is 30.6 Å². The van der Waals surface area contributed by atoms with Crippen molar-refractivity contribution in [3.05, 3.63) is 11.3 Å². The van der Waals surface area contributed by atoms with Crippen LogP contribution in [-0.4, -0.2) is 56.9 Å². The minimum atomic E-state index is -0.403. The minimum Gasteiger partial charge on any atom is -0.466 e. The van der Waals surface area contributed by atoms with E-state index in [0.29, 0.717) is 37.4 Å². The number of quaternary nitrogens is 1. The highest BCUT2D eigenvalue weighted by molar-refractivity contribution is 5.94. The first-order valence-corrected chi connectivity index (χ1v) is 9.47. The van der Waals surface area contributed by atoms with Gasteiger partial charge in [-0.1, -0.05) is 6.92 Å². The molecule has 0 radical (unpaired) electrons. The van der Waals surface area contributed by atoms with Gasteiger partial charge in [0.05, 0.1) is 43.6 Å². The Labute approximate surface area is 154 Å². The normalized spacial score (nSPS) is 26.0. The molecular formula is C18H30N3O5+. The van der Waals surface area contributed by atoms with Gasteiger partial charge in [0.15, 0.2) is 0 Å². The number of hydrogen-bond donors (Lipinski definition) is 3. The summed E-state index contributed by atoms with van der Waals surface area (Å²) in [4.78, 5) is 37.6. The number of nitrogens with one attached hydrogen (secondary N) is 3. The largest absolute Gasteiger partial charge is 0.466 e. The summed E-state index contributed by atoms with van der Waals surface area (Å²) in [6, 6.07) is -0.666. The maximum absolute atomic E-state index is 12.4. The first-order chi connectivity index (χ1) is 12.5. The molecule has 0 spiro atoms. The number of ether oxygens (including phenoxy) is 2. The number of piperidine rings is 1. The van der Waals surface area contributed by atoms with E-state index in [9.17, 15) is 14.4 Å². The van der Waals surface area contributed by atoms with Crippen molar-refractivity contribution in [1.29, 1.82) is 0 Å². The van der Waals surface area contributed by atoms with Gasteiger partial charge in [-0.25, -0.2) is 9.59 Å². The topological polar surface area (TPSA) is 98.2 Å². The van der Waals surface area contributed by atoms with Gasteiger partial charge in [0.2, 0.25) is 0 Å². The molecule has 1 saturated heterocycles. The van der Waals surface area contributed by atoms with Crippen LogP contribution in [0.1, 0.15) is 40.0 Å². The predicted octanol–water partition coefficient (Wildman–Crippen LogP) is -0.247. The van der Waals surface area contributed by atoms with Gasteiger partial charge in [-0.05, 0) is 33.1 Å². The molecule has 0 aromatic heterocycles. The van der Waals surface area contributed by atoms with Gasteiger partial charge in [-0.2, -0.15) is 0 Å². The van der Waals surface area contributed by atoms with Gasteiger partial charge in [0.1, 0.15) is 12.5 Å². The first kappa shape index (κ1) is 20.2. The van der Waals surface area contributed by atoms with E-state index in [1.165, 1.54) is 0 Å². The Morgan fingerprint density at radius 2 is 1.92 bits per heavy atom. The fourth-order valence-electron chi connectivity index (χ4n) is 3.62. The molecule has 2 rings (SSSR count). The molecule has 0 bridgehead atoms. The van der Waals surface area contributed by atoms with Crippen molar-refractivity contribution >= 4 is 18.0 Å². The lowest BCUT2D eigenvalue weighted by Crippen LogP contribution is -3.14. The Kier molecular flexibility index (Phi) is 7.44. The van der Waals surface area contributed by atoms with Gasteiger partial charge in [0.25, 0.3) is 0 Å². The van der Waals surface area contributed by atoms with Crippen molar-refractivity contribution in [3.8, 4) is 0 Å². The van der Waals surface area contributed by atoms with Gasteiger partial charge in [-0.15, -0.1) is 0 Å². The van der Waals surface area contributed by atoms with Crippen molar-refractivity contribution in [1.82, 2.24) is 10.6 Å². The van der Waals surface area contributed by atoms with Crippen LogP contribution >= 0.6 is 0 Å². The van der Waals surface area contributed by atoms with E-state index in [0.717, 1.165) is 24.3 Å².